The first-order valence-electron chi connectivity index (χ1n) is 12.3. The Morgan fingerprint density at radius 3 is 1.97 bits per heavy atom. The first kappa shape index (κ1) is 31.6. The molecule has 6 N–H and O–H groups in total. The summed E-state index contributed by atoms with van der Waals surface area (Å²) in [4.78, 5) is 0.836. The molecule has 0 saturated carbocycles. The van der Waals surface area contributed by atoms with Gasteiger partial charge in [-0.1, -0.05) is 56.3 Å². The molecule has 11 heteroatoms. The summed E-state index contributed by atoms with van der Waals surface area (Å²) >= 11 is 15.2. The number of hydrogen-bond donors (Lipinski definition) is 6. The average Bonchev–Trinajstić information content (AvgIpc) is 2.86. The summed E-state index contributed by atoms with van der Waals surface area (Å²) in [6, 6.07) is 17.4. The van der Waals surface area contributed by atoms with Crippen LogP contribution in [-0.2, 0) is 4.74 Å². The van der Waals surface area contributed by atoms with Gasteiger partial charge in [0.25, 0.3) is 0 Å². The Hall–Kier alpha value is -2.57. The molecule has 0 radical (unpaired) electrons. The molecule has 0 aromatic heterocycles. The fourth-order valence-electron chi connectivity index (χ4n) is 3.08. The summed E-state index contributed by atoms with van der Waals surface area (Å²) in [6.45, 7) is 10.5. The van der Waals surface area contributed by atoms with E-state index in [1.54, 1.807) is 7.05 Å². The molecular formula is C27H39N7OS3. The number of thiol groups is 1. The molecule has 0 spiro atoms. The van der Waals surface area contributed by atoms with E-state index in [1.807, 2.05) is 89.2 Å². The second-order valence-corrected chi connectivity index (χ2v) is 11.2. The second kappa shape index (κ2) is 14.5. The van der Waals surface area contributed by atoms with Gasteiger partial charge in [0.2, 0.25) is 0 Å². The van der Waals surface area contributed by atoms with E-state index in [4.69, 9.17) is 34.9 Å². The number of rotatable bonds is 11. The molecule has 0 amide bonds. The van der Waals surface area contributed by atoms with Gasteiger partial charge in [-0.3, -0.25) is 10.9 Å². The van der Waals surface area contributed by atoms with Crippen LogP contribution in [-0.4, -0.2) is 46.6 Å². The van der Waals surface area contributed by atoms with Crippen LogP contribution >= 0.6 is 37.1 Å². The van der Waals surface area contributed by atoms with Crippen molar-refractivity contribution in [2.24, 2.45) is 21.9 Å². The predicted octanol–water partition coefficient (Wildman–Crippen LogP) is 4.16. The number of benzene rings is 2. The molecule has 0 heterocycles. The largest absolute Gasteiger partial charge is 0.364 e. The molecular weight excluding hydrogens is 535 g/mol. The first-order chi connectivity index (χ1) is 17.8. The van der Waals surface area contributed by atoms with Crippen molar-refractivity contribution in [2.75, 3.05) is 13.7 Å². The second-order valence-electron chi connectivity index (χ2n) is 9.91. The van der Waals surface area contributed by atoms with Gasteiger partial charge in [-0.25, -0.2) is 0 Å². The van der Waals surface area contributed by atoms with Crippen LogP contribution < -0.4 is 27.2 Å². The number of thiocarbonyl (C=S) groups is 2. The van der Waals surface area contributed by atoms with Gasteiger partial charge in [-0.05, 0) is 69.7 Å². The summed E-state index contributed by atoms with van der Waals surface area (Å²) in [5.74, 6) is 0.198. The van der Waals surface area contributed by atoms with Crippen molar-refractivity contribution in [1.29, 1.82) is 0 Å². The highest BCUT2D eigenvalue weighted by molar-refractivity contribution is 7.80. The lowest BCUT2D eigenvalue weighted by Gasteiger charge is -2.32. The summed E-state index contributed by atoms with van der Waals surface area (Å²) in [5, 5.41) is 16.2. The molecule has 1 unspecified atom stereocenters. The van der Waals surface area contributed by atoms with Crippen molar-refractivity contribution in [3.63, 3.8) is 0 Å². The molecule has 2 rings (SSSR count). The van der Waals surface area contributed by atoms with Crippen LogP contribution in [0.4, 0.5) is 0 Å². The lowest BCUT2D eigenvalue weighted by atomic mass is 10.00. The molecule has 1 atom stereocenters. The Morgan fingerprint density at radius 1 is 0.921 bits per heavy atom. The fraction of sp³-hybridized carbons (Fsp3) is 0.407. The number of nitrogens with zero attached hydrogens (tertiary/aromatic N) is 2. The molecule has 0 bridgehead atoms. The average molecular weight is 574 g/mol. The quantitative estimate of drug-likeness (QED) is 0.0783. The van der Waals surface area contributed by atoms with E-state index in [1.165, 1.54) is 0 Å². The van der Waals surface area contributed by atoms with E-state index in [0.717, 1.165) is 16.0 Å². The number of nitrogens with two attached hydrogens (primary N) is 1. The third kappa shape index (κ3) is 10.3. The first-order valence-corrected chi connectivity index (χ1v) is 13.6. The SMILES string of the molecule is CNC(=S)N/N=C(/C(=N/NC(=S)NC(C)(C)CCOC(C)(N)C(C)C)c1ccccc1)c1ccc(S)cc1. The van der Waals surface area contributed by atoms with Gasteiger partial charge in [0.1, 0.15) is 17.1 Å². The summed E-state index contributed by atoms with van der Waals surface area (Å²) in [6.07, 6.45) is 0.692. The molecule has 206 valence electrons. The molecule has 0 aliphatic carbocycles. The van der Waals surface area contributed by atoms with Crippen LogP contribution in [0.2, 0.25) is 0 Å². The minimum atomic E-state index is -0.686. The van der Waals surface area contributed by atoms with Gasteiger partial charge in [0.05, 0.1) is 6.61 Å². The smallest absolute Gasteiger partial charge is 0.187 e. The van der Waals surface area contributed by atoms with E-state index < -0.39 is 5.72 Å². The van der Waals surface area contributed by atoms with Gasteiger partial charge < -0.3 is 21.1 Å². The van der Waals surface area contributed by atoms with Crippen LogP contribution in [0.3, 0.4) is 0 Å². The van der Waals surface area contributed by atoms with Crippen molar-refractivity contribution >= 4 is 58.7 Å². The Labute approximate surface area is 242 Å². The van der Waals surface area contributed by atoms with Gasteiger partial charge in [0.15, 0.2) is 10.2 Å². The van der Waals surface area contributed by atoms with Gasteiger partial charge >= 0.3 is 0 Å². The van der Waals surface area contributed by atoms with E-state index in [0.29, 0.717) is 34.7 Å². The number of ether oxygens (including phenoxy) is 1. The van der Waals surface area contributed by atoms with Crippen molar-refractivity contribution in [3.05, 3.63) is 65.7 Å². The van der Waals surface area contributed by atoms with Crippen molar-refractivity contribution in [1.82, 2.24) is 21.5 Å². The third-order valence-corrected chi connectivity index (χ3v) is 6.70. The zero-order valence-corrected chi connectivity index (χ0v) is 25.4. The normalized spacial score (nSPS) is 14.0. The zero-order chi connectivity index (χ0) is 28.3. The third-order valence-electron chi connectivity index (χ3n) is 5.92. The highest BCUT2D eigenvalue weighted by Gasteiger charge is 2.26. The van der Waals surface area contributed by atoms with E-state index in [9.17, 15) is 0 Å². The van der Waals surface area contributed by atoms with Gasteiger partial charge in [0, 0.05) is 28.6 Å². The highest BCUT2D eigenvalue weighted by atomic mass is 32.1. The van der Waals surface area contributed by atoms with Crippen LogP contribution in [0, 0.1) is 5.92 Å². The highest BCUT2D eigenvalue weighted by Crippen LogP contribution is 2.17. The van der Waals surface area contributed by atoms with Crippen molar-refractivity contribution in [3.8, 4) is 0 Å². The molecule has 2 aromatic carbocycles. The molecule has 0 saturated heterocycles. The van der Waals surface area contributed by atoms with Gasteiger partial charge in [-0.15, -0.1) is 12.6 Å². The molecule has 38 heavy (non-hydrogen) atoms. The number of hydrazone groups is 2. The van der Waals surface area contributed by atoms with Crippen molar-refractivity contribution < 1.29 is 4.74 Å². The summed E-state index contributed by atoms with van der Waals surface area (Å²) < 4.78 is 5.91. The predicted molar refractivity (Wildman–Crippen MR) is 169 cm³/mol. The Balaban J connectivity index is 2.29. The zero-order valence-electron chi connectivity index (χ0n) is 22.8. The molecule has 0 aliphatic heterocycles. The van der Waals surface area contributed by atoms with Gasteiger partial charge in [-0.2, -0.15) is 10.2 Å². The fourth-order valence-corrected chi connectivity index (χ4v) is 3.60. The topological polar surface area (TPSA) is 108 Å². The van der Waals surface area contributed by atoms with Crippen LogP contribution in [0.25, 0.3) is 0 Å². The van der Waals surface area contributed by atoms with Crippen molar-refractivity contribution in [2.45, 2.75) is 57.2 Å². The standard InChI is InChI=1S/C27H39N7OS3/c1-18(2)27(5,28)35-17-16-26(3,4)30-25(38)34-32-22(19-10-8-7-9-11-19)23(31-33-24(37)29-6)20-12-14-21(36)15-13-20/h7-15,18,36H,16-17,28H2,1-6H3,(H2,29,33,37)(H2,30,34,38)/b31-23+,32-22+. The maximum atomic E-state index is 6.23. The van der Waals surface area contributed by atoms with E-state index in [2.05, 4.69) is 44.3 Å². The minimum Gasteiger partial charge on any atom is -0.364 e. The maximum Gasteiger partial charge on any atom is 0.187 e. The Bertz CT molecular complexity index is 1130. The summed E-state index contributed by atoms with van der Waals surface area (Å²) in [5.41, 5.74) is 13.9. The molecule has 0 fully saturated rings. The molecule has 0 aliphatic rings. The Kier molecular flexibility index (Phi) is 12.1. The van der Waals surface area contributed by atoms with Crippen LogP contribution in [0.15, 0.2) is 69.7 Å². The van der Waals surface area contributed by atoms with E-state index in [-0.39, 0.29) is 11.5 Å². The monoisotopic (exact) mass is 573 g/mol. The van der Waals surface area contributed by atoms with E-state index >= 15 is 0 Å². The number of nitrogens with one attached hydrogen (secondary N) is 4. The maximum absolute atomic E-state index is 6.23. The lowest BCUT2D eigenvalue weighted by Crippen LogP contribution is -2.49. The number of hydrogen-bond acceptors (Lipinski definition) is 7. The van der Waals surface area contributed by atoms with Crippen LogP contribution in [0.1, 0.15) is 52.2 Å². The van der Waals surface area contributed by atoms with Crippen LogP contribution in [0.5, 0.6) is 0 Å². The molecule has 8 nitrogen and oxygen atoms in total. The minimum absolute atomic E-state index is 0.198. The Morgan fingerprint density at radius 2 is 1.45 bits per heavy atom. The summed E-state index contributed by atoms with van der Waals surface area (Å²) in [7, 11) is 1.72. The lowest BCUT2D eigenvalue weighted by molar-refractivity contribution is -0.0649. The molecule has 2 aromatic rings.